The number of aromatic nitrogens is 4. The van der Waals surface area contributed by atoms with Crippen molar-refractivity contribution in [2.24, 2.45) is 0 Å². The molecule has 0 aliphatic heterocycles. The van der Waals surface area contributed by atoms with E-state index in [4.69, 9.17) is 11.6 Å². The van der Waals surface area contributed by atoms with Gasteiger partial charge >= 0.3 is 0 Å². The lowest BCUT2D eigenvalue weighted by atomic mass is 10.1. The van der Waals surface area contributed by atoms with Crippen molar-refractivity contribution in [3.63, 3.8) is 0 Å². The number of thioether (sulfide) groups is 1. The average Bonchev–Trinajstić information content (AvgIpc) is 3.11. The van der Waals surface area contributed by atoms with E-state index in [0.717, 1.165) is 34.4 Å². The Bertz CT molecular complexity index is 1000. The quantitative estimate of drug-likeness (QED) is 0.334. The summed E-state index contributed by atoms with van der Waals surface area (Å²) < 4.78 is 2.13. The van der Waals surface area contributed by atoms with Crippen LogP contribution >= 0.6 is 23.4 Å². The molecule has 134 valence electrons. The first-order valence-electron chi connectivity index (χ1n) is 8.56. The van der Waals surface area contributed by atoms with Crippen molar-refractivity contribution in [3.8, 4) is 5.69 Å². The monoisotopic (exact) mass is 392 g/mol. The molecule has 0 aliphatic rings. The summed E-state index contributed by atoms with van der Waals surface area (Å²) in [6.07, 6.45) is 2.52. The highest BCUT2D eigenvalue weighted by Gasteiger charge is 2.15. The number of hydrogen-bond donors (Lipinski definition) is 0. The molecule has 0 fully saturated rings. The SMILES string of the molecule is Clc1ccc(CSc2nnc(Cc3ccccc3)n2-c2ccccc2)cn1. The van der Waals surface area contributed by atoms with Gasteiger partial charge in [0.1, 0.15) is 11.0 Å². The lowest BCUT2D eigenvalue weighted by Gasteiger charge is -2.10. The largest absolute Gasteiger partial charge is 0.274 e. The zero-order chi connectivity index (χ0) is 18.5. The Kier molecular flexibility index (Phi) is 5.51. The fraction of sp³-hybridized carbons (Fsp3) is 0.0952. The van der Waals surface area contributed by atoms with Crippen molar-refractivity contribution in [2.45, 2.75) is 17.3 Å². The topological polar surface area (TPSA) is 43.6 Å². The van der Waals surface area contributed by atoms with Crippen LogP contribution in [-0.2, 0) is 12.2 Å². The van der Waals surface area contributed by atoms with Crippen molar-refractivity contribution >= 4 is 23.4 Å². The van der Waals surface area contributed by atoms with Crippen molar-refractivity contribution in [1.29, 1.82) is 0 Å². The van der Waals surface area contributed by atoms with Gasteiger partial charge in [-0.15, -0.1) is 10.2 Å². The number of hydrogen-bond acceptors (Lipinski definition) is 4. The lowest BCUT2D eigenvalue weighted by Crippen LogP contribution is -2.03. The van der Waals surface area contributed by atoms with Gasteiger partial charge in [-0.25, -0.2) is 4.98 Å². The van der Waals surface area contributed by atoms with Gasteiger partial charge in [0.2, 0.25) is 0 Å². The van der Waals surface area contributed by atoms with E-state index in [2.05, 4.69) is 44.0 Å². The number of rotatable bonds is 6. The first-order chi connectivity index (χ1) is 13.3. The second kappa shape index (κ2) is 8.37. The van der Waals surface area contributed by atoms with Gasteiger partial charge in [-0.3, -0.25) is 4.57 Å². The van der Waals surface area contributed by atoms with Crippen LogP contribution in [-0.4, -0.2) is 19.7 Å². The molecule has 27 heavy (non-hydrogen) atoms. The molecule has 2 aromatic carbocycles. The van der Waals surface area contributed by atoms with E-state index in [1.54, 1.807) is 24.0 Å². The smallest absolute Gasteiger partial charge is 0.196 e. The van der Waals surface area contributed by atoms with E-state index in [-0.39, 0.29) is 0 Å². The van der Waals surface area contributed by atoms with E-state index in [0.29, 0.717) is 5.15 Å². The number of halogens is 1. The minimum absolute atomic E-state index is 0.501. The number of benzene rings is 2. The second-order valence-corrected chi connectivity index (χ2v) is 7.34. The molecular formula is C21H17ClN4S. The Morgan fingerprint density at radius 2 is 1.56 bits per heavy atom. The molecule has 4 rings (SSSR count). The molecule has 6 heteroatoms. The Labute approximate surface area is 167 Å². The van der Waals surface area contributed by atoms with Gasteiger partial charge in [-0.05, 0) is 29.3 Å². The molecule has 0 bridgehead atoms. The van der Waals surface area contributed by atoms with Crippen LogP contribution in [0, 0.1) is 0 Å². The third kappa shape index (κ3) is 4.38. The van der Waals surface area contributed by atoms with Crippen molar-refractivity contribution in [1.82, 2.24) is 19.7 Å². The standard InChI is InChI=1S/C21H17ClN4S/c22-19-12-11-17(14-23-19)15-27-21-25-24-20(13-16-7-3-1-4-8-16)26(21)18-9-5-2-6-10-18/h1-12,14H,13,15H2. The van der Waals surface area contributed by atoms with Crippen LogP contribution in [0.25, 0.3) is 5.69 Å². The van der Waals surface area contributed by atoms with E-state index in [1.807, 2.05) is 42.5 Å². The van der Waals surface area contributed by atoms with E-state index >= 15 is 0 Å². The summed E-state index contributed by atoms with van der Waals surface area (Å²) in [5, 5.41) is 10.3. The molecule has 0 atom stereocenters. The normalized spacial score (nSPS) is 10.9. The maximum atomic E-state index is 5.87. The predicted molar refractivity (Wildman–Crippen MR) is 109 cm³/mol. The highest BCUT2D eigenvalue weighted by atomic mass is 35.5. The van der Waals surface area contributed by atoms with Crippen molar-refractivity contribution in [2.75, 3.05) is 0 Å². The van der Waals surface area contributed by atoms with Crippen LogP contribution in [0.3, 0.4) is 0 Å². The molecular weight excluding hydrogens is 376 g/mol. The van der Waals surface area contributed by atoms with Crippen LogP contribution in [0.2, 0.25) is 5.15 Å². The summed E-state index contributed by atoms with van der Waals surface area (Å²) in [6, 6.07) is 24.3. The summed E-state index contributed by atoms with van der Waals surface area (Å²) in [4.78, 5) is 4.14. The first kappa shape index (κ1) is 17.8. The summed E-state index contributed by atoms with van der Waals surface area (Å²) in [6.45, 7) is 0. The van der Waals surface area contributed by atoms with Crippen LogP contribution in [0.5, 0.6) is 0 Å². The highest BCUT2D eigenvalue weighted by molar-refractivity contribution is 7.98. The van der Waals surface area contributed by atoms with Crippen LogP contribution < -0.4 is 0 Å². The van der Waals surface area contributed by atoms with Crippen LogP contribution in [0.1, 0.15) is 17.0 Å². The molecule has 2 heterocycles. The third-order valence-corrected chi connectivity index (χ3v) is 5.30. The van der Waals surface area contributed by atoms with Crippen molar-refractivity contribution < 1.29 is 0 Å². The fourth-order valence-electron chi connectivity index (χ4n) is 2.76. The molecule has 0 radical (unpaired) electrons. The lowest BCUT2D eigenvalue weighted by molar-refractivity contribution is 0.847. The fourth-order valence-corrected chi connectivity index (χ4v) is 3.78. The van der Waals surface area contributed by atoms with Crippen LogP contribution in [0.15, 0.2) is 84.1 Å². The Morgan fingerprint density at radius 1 is 0.815 bits per heavy atom. The minimum Gasteiger partial charge on any atom is -0.274 e. The maximum absolute atomic E-state index is 5.87. The summed E-state index contributed by atoms with van der Waals surface area (Å²) in [7, 11) is 0. The van der Waals surface area contributed by atoms with Gasteiger partial charge in [-0.2, -0.15) is 0 Å². The third-order valence-electron chi connectivity index (χ3n) is 4.08. The maximum Gasteiger partial charge on any atom is 0.196 e. The van der Waals surface area contributed by atoms with E-state index in [1.165, 1.54) is 5.56 Å². The zero-order valence-corrected chi connectivity index (χ0v) is 16.1. The average molecular weight is 393 g/mol. The van der Waals surface area contributed by atoms with Gasteiger partial charge in [0.25, 0.3) is 0 Å². The van der Waals surface area contributed by atoms with Crippen LogP contribution in [0.4, 0.5) is 0 Å². The Hall–Kier alpha value is -2.63. The zero-order valence-electron chi connectivity index (χ0n) is 14.5. The van der Waals surface area contributed by atoms with E-state index in [9.17, 15) is 0 Å². The van der Waals surface area contributed by atoms with Gasteiger partial charge in [0.15, 0.2) is 5.16 Å². The molecule has 4 aromatic rings. The molecule has 0 N–H and O–H groups in total. The first-order valence-corrected chi connectivity index (χ1v) is 9.93. The molecule has 0 spiro atoms. The summed E-state index contributed by atoms with van der Waals surface area (Å²) in [5.74, 6) is 1.67. The number of para-hydroxylation sites is 1. The molecule has 4 nitrogen and oxygen atoms in total. The highest BCUT2D eigenvalue weighted by Crippen LogP contribution is 2.26. The van der Waals surface area contributed by atoms with Gasteiger partial charge in [-0.1, -0.05) is 78.0 Å². The molecule has 0 saturated carbocycles. The van der Waals surface area contributed by atoms with E-state index < -0.39 is 0 Å². The Morgan fingerprint density at radius 3 is 2.26 bits per heavy atom. The predicted octanol–water partition coefficient (Wildman–Crippen LogP) is 5.20. The molecule has 0 amide bonds. The molecule has 0 unspecified atom stereocenters. The Balaban J connectivity index is 1.63. The number of pyridine rings is 1. The van der Waals surface area contributed by atoms with Gasteiger partial charge in [0, 0.05) is 24.1 Å². The molecule has 0 aliphatic carbocycles. The molecule has 2 aromatic heterocycles. The minimum atomic E-state index is 0.501. The molecule has 0 saturated heterocycles. The summed E-state index contributed by atoms with van der Waals surface area (Å²) >= 11 is 7.51. The second-order valence-electron chi connectivity index (χ2n) is 6.01. The van der Waals surface area contributed by atoms with Gasteiger partial charge in [0.05, 0.1) is 0 Å². The number of nitrogens with zero attached hydrogens (tertiary/aromatic N) is 4. The van der Waals surface area contributed by atoms with Gasteiger partial charge < -0.3 is 0 Å². The summed E-state index contributed by atoms with van der Waals surface area (Å²) in [5.41, 5.74) is 3.36. The van der Waals surface area contributed by atoms with Crippen molar-refractivity contribution in [3.05, 3.63) is 101 Å².